The van der Waals surface area contributed by atoms with E-state index in [0.29, 0.717) is 6.61 Å². The number of fused-ring (bicyclic) bond motifs is 2. The third-order valence-electron chi connectivity index (χ3n) is 3.36. The van der Waals surface area contributed by atoms with Gasteiger partial charge in [0.1, 0.15) is 0 Å². The molecule has 1 aromatic carbocycles. The maximum atomic E-state index is 9.60. The molecule has 0 saturated carbocycles. The highest BCUT2D eigenvalue weighted by molar-refractivity contribution is 6.61. The molecular formula is C11H14BNO2. The van der Waals surface area contributed by atoms with Crippen LogP contribution in [0, 0.1) is 0 Å². The Balaban J connectivity index is 2.01. The van der Waals surface area contributed by atoms with Gasteiger partial charge in [-0.15, -0.1) is 0 Å². The summed E-state index contributed by atoms with van der Waals surface area (Å²) in [7, 11) is -0.707. The van der Waals surface area contributed by atoms with Crippen molar-refractivity contribution in [1.29, 1.82) is 0 Å². The summed E-state index contributed by atoms with van der Waals surface area (Å²) < 4.78 is 5.20. The molecule has 0 radical (unpaired) electrons. The molecule has 4 heteroatoms. The maximum absolute atomic E-state index is 9.60. The smallest absolute Gasteiger partial charge is 0.423 e. The summed E-state index contributed by atoms with van der Waals surface area (Å²) in [5.74, 6) is 0. The second-order valence-corrected chi connectivity index (χ2v) is 4.29. The van der Waals surface area contributed by atoms with Crippen molar-refractivity contribution in [3.05, 3.63) is 28.8 Å². The number of rotatable bonds is 1. The molecule has 2 aliphatic rings. The van der Waals surface area contributed by atoms with Gasteiger partial charge >= 0.3 is 7.12 Å². The Labute approximate surface area is 89.8 Å². The average Bonchev–Trinajstić information content (AvgIpc) is 2.79. The van der Waals surface area contributed by atoms with Crippen molar-refractivity contribution in [3.8, 4) is 0 Å². The zero-order valence-corrected chi connectivity index (χ0v) is 8.86. The Morgan fingerprint density at radius 2 is 2.07 bits per heavy atom. The lowest BCUT2D eigenvalue weighted by atomic mass is 9.78. The minimum atomic E-state index is -0.707. The summed E-state index contributed by atoms with van der Waals surface area (Å²) in [6.07, 6.45) is 0. The first-order valence-corrected chi connectivity index (χ1v) is 5.44. The lowest BCUT2D eigenvalue weighted by Gasteiger charge is -2.09. The van der Waals surface area contributed by atoms with Gasteiger partial charge in [-0.05, 0) is 28.7 Å². The highest BCUT2D eigenvalue weighted by Crippen LogP contribution is 2.24. The molecule has 0 aromatic heterocycles. The molecule has 0 unspecified atom stereocenters. The Morgan fingerprint density at radius 3 is 2.80 bits per heavy atom. The van der Waals surface area contributed by atoms with Crippen LogP contribution in [0.25, 0.3) is 0 Å². The molecule has 3 rings (SSSR count). The highest BCUT2D eigenvalue weighted by atomic mass is 16.5. The van der Waals surface area contributed by atoms with Gasteiger partial charge in [-0.3, -0.25) is 4.90 Å². The predicted octanol–water partition coefficient (Wildman–Crippen LogP) is 0.240. The Morgan fingerprint density at radius 1 is 1.33 bits per heavy atom. The van der Waals surface area contributed by atoms with Gasteiger partial charge < -0.3 is 9.68 Å². The fraction of sp³-hybridized carbons (Fsp3) is 0.455. The summed E-state index contributed by atoms with van der Waals surface area (Å²) in [5.41, 5.74) is 4.86. The SMILES string of the molecule is CCN1Cc2cc3c(cc2C1)B(O)OC3. The first kappa shape index (κ1) is 9.40. The zero-order valence-electron chi connectivity index (χ0n) is 8.86. The molecule has 0 amide bonds. The van der Waals surface area contributed by atoms with Gasteiger partial charge in [0.2, 0.25) is 0 Å². The molecule has 78 valence electrons. The first-order valence-electron chi connectivity index (χ1n) is 5.44. The second-order valence-electron chi connectivity index (χ2n) is 4.29. The fourth-order valence-corrected chi connectivity index (χ4v) is 2.43. The molecule has 0 fully saturated rings. The highest BCUT2D eigenvalue weighted by Gasteiger charge is 2.30. The van der Waals surface area contributed by atoms with E-state index in [4.69, 9.17) is 4.65 Å². The van der Waals surface area contributed by atoms with Crippen molar-refractivity contribution in [2.24, 2.45) is 0 Å². The number of hydrogen-bond acceptors (Lipinski definition) is 3. The van der Waals surface area contributed by atoms with Crippen LogP contribution in [-0.2, 0) is 24.4 Å². The Bertz CT molecular complexity index is 408. The van der Waals surface area contributed by atoms with Crippen LogP contribution in [0.3, 0.4) is 0 Å². The van der Waals surface area contributed by atoms with Gasteiger partial charge in [0.25, 0.3) is 0 Å². The van der Waals surface area contributed by atoms with Crippen LogP contribution < -0.4 is 5.46 Å². The molecule has 1 aromatic rings. The van der Waals surface area contributed by atoms with Crippen LogP contribution in [0.15, 0.2) is 12.1 Å². The lowest BCUT2D eigenvalue weighted by molar-refractivity contribution is 0.275. The van der Waals surface area contributed by atoms with E-state index in [1.54, 1.807) is 0 Å². The third-order valence-corrected chi connectivity index (χ3v) is 3.36. The Hall–Kier alpha value is -0.835. The maximum Gasteiger partial charge on any atom is 0.491 e. The Kier molecular flexibility index (Phi) is 2.09. The van der Waals surface area contributed by atoms with Gasteiger partial charge in [0.05, 0.1) is 6.61 Å². The molecule has 1 N–H and O–H groups in total. The molecule has 2 aliphatic heterocycles. The van der Waals surface area contributed by atoms with E-state index >= 15 is 0 Å². The van der Waals surface area contributed by atoms with Crippen LogP contribution in [0.5, 0.6) is 0 Å². The molecule has 0 aliphatic carbocycles. The quantitative estimate of drug-likeness (QED) is 0.663. The summed E-state index contributed by atoms with van der Waals surface area (Å²) in [6, 6.07) is 4.30. The van der Waals surface area contributed by atoms with E-state index in [0.717, 1.165) is 30.7 Å². The van der Waals surface area contributed by atoms with Gasteiger partial charge in [0.15, 0.2) is 0 Å². The van der Waals surface area contributed by atoms with Crippen LogP contribution in [-0.4, -0.2) is 23.6 Å². The second kappa shape index (κ2) is 3.34. The van der Waals surface area contributed by atoms with E-state index in [1.165, 1.54) is 11.1 Å². The van der Waals surface area contributed by atoms with Crippen LogP contribution >= 0.6 is 0 Å². The van der Waals surface area contributed by atoms with Crippen molar-refractivity contribution in [2.45, 2.75) is 26.6 Å². The van der Waals surface area contributed by atoms with Crippen molar-refractivity contribution in [3.63, 3.8) is 0 Å². The molecule has 15 heavy (non-hydrogen) atoms. The van der Waals surface area contributed by atoms with Crippen molar-refractivity contribution >= 4 is 12.6 Å². The van der Waals surface area contributed by atoms with Gasteiger partial charge in [-0.2, -0.15) is 0 Å². The van der Waals surface area contributed by atoms with Crippen LogP contribution in [0.4, 0.5) is 0 Å². The molecular weight excluding hydrogens is 189 g/mol. The minimum Gasteiger partial charge on any atom is -0.423 e. The normalized spacial score (nSPS) is 19.5. The lowest BCUT2D eigenvalue weighted by Crippen LogP contribution is -2.28. The van der Waals surface area contributed by atoms with E-state index in [2.05, 4.69) is 24.0 Å². The van der Waals surface area contributed by atoms with Crippen molar-refractivity contribution in [1.82, 2.24) is 4.90 Å². The zero-order chi connectivity index (χ0) is 10.4. The molecule has 0 bridgehead atoms. The van der Waals surface area contributed by atoms with E-state index in [-0.39, 0.29) is 0 Å². The summed E-state index contributed by atoms with van der Waals surface area (Å²) in [4.78, 5) is 2.40. The number of benzene rings is 1. The number of nitrogens with zero attached hydrogens (tertiary/aromatic N) is 1. The van der Waals surface area contributed by atoms with Crippen molar-refractivity contribution in [2.75, 3.05) is 6.54 Å². The summed E-state index contributed by atoms with van der Waals surface area (Å²) in [6.45, 7) is 5.85. The van der Waals surface area contributed by atoms with Gasteiger partial charge in [0, 0.05) is 13.1 Å². The molecule has 3 nitrogen and oxygen atoms in total. The first-order chi connectivity index (χ1) is 7.28. The van der Waals surface area contributed by atoms with Crippen LogP contribution in [0.2, 0.25) is 0 Å². The summed E-state index contributed by atoms with van der Waals surface area (Å²) in [5, 5.41) is 9.60. The molecule has 0 saturated heterocycles. The standard InChI is InChI=1S/C11H14BNO2/c1-2-13-5-8-3-10-7-15-12(14)11(10)4-9(8)6-13/h3-4,14H,2,5-7H2,1H3. The monoisotopic (exact) mass is 203 g/mol. The van der Waals surface area contributed by atoms with Crippen LogP contribution in [0.1, 0.15) is 23.6 Å². The third kappa shape index (κ3) is 1.41. The van der Waals surface area contributed by atoms with Gasteiger partial charge in [-0.25, -0.2) is 0 Å². The van der Waals surface area contributed by atoms with Gasteiger partial charge in [-0.1, -0.05) is 19.1 Å². The average molecular weight is 203 g/mol. The topological polar surface area (TPSA) is 32.7 Å². The number of hydrogen-bond donors (Lipinski definition) is 1. The predicted molar refractivity (Wildman–Crippen MR) is 58.6 cm³/mol. The summed E-state index contributed by atoms with van der Waals surface area (Å²) >= 11 is 0. The van der Waals surface area contributed by atoms with Crippen molar-refractivity contribution < 1.29 is 9.68 Å². The minimum absolute atomic E-state index is 0.551. The fourth-order valence-electron chi connectivity index (χ4n) is 2.43. The molecule has 0 spiro atoms. The van der Waals surface area contributed by atoms with E-state index < -0.39 is 7.12 Å². The molecule has 2 heterocycles. The largest absolute Gasteiger partial charge is 0.491 e. The van der Waals surface area contributed by atoms with E-state index in [9.17, 15) is 5.02 Å². The van der Waals surface area contributed by atoms with E-state index in [1.807, 2.05) is 0 Å². The molecule has 0 atom stereocenters.